The highest BCUT2D eigenvalue weighted by molar-refractivity contribution is 6.06. The Morgan fingerprint density at radius 3 is 2.59 bits per heavy atom. The minimum Gasteiger partial charge on any atom is -0.339 e. The number of hydrogen-bond acceptors (Lipinski definition) is 5. The second kappa shape index (κ2) is 8.02. The smallest absolute Gasteiger partial charge is 0.339 e. The zero-order chi connectivity index (χ0) is 21.2. The molecule has 3 rings (SSSR count). The fourth-order valence-electron chi connectivity index (χ4n) is 2.98. The molecule has 3 aromatic rings. The van der Waals surface area contributed by atoms with Gasteiger partial charge in [-0.05, 0) is 44.0 Å². The minimum absolute atomic E-state index is 0.0772. The molecule has 0 spiro atoms. The third-order valence-corrected chi connectivity index (χ3v) is 4.21. The van der Waals surface area contributed by atoms with Crippen LogP contribution < -0.4 is 5.32 Å². The second-order valence-electron chi connectivity index (χ2n) is 6.56. The monoisotopic (exact) mass is 404 g/mol. The van der Waals surface area contributed by atoms with E-state index in [0.717, 1.165) is 18.6 Å². The number of carbonyl (C=O) groups is 1. The van der Waals surface area contributed by atoms with Crippen molar-refractivity contribution in [2.75, 3.05) is 5.32 Å². The summed E-state index contributed by atoms with van der Waals surface area (Å²) in [7, 11) is 0. The largest absolute Gasteiger partial charge is 0.417 e. The molecule has 0 aliphatic carbocycles. The number of halogens is 3. The first-order chi connectivity index (χ1) is 13.7. The van der Waals surface area contributed by atoms with E-state index in [4.69, 9.17) is 4.52 Å². The molecule has 6 nitrogen and oxygen atoms in total. The molecule has 0 fully saturated rings. The molecule has 0 unspecified atom stereocenters. The maximum atomic E-state index is 13.3. The maximum absolute atomic E-state index is 13.3. The fraction of sp³-hybridized carbons (Fsp3) is 0.300. The Labute approximate surface area is 165 Å². The fourth-order valence-corrected chi connectivity index (χ4v) is 2.98. The Hall–Kier alpha value is -3.23. The van der Waals surface area contributed by atoms with Gasteiger partial charge in [-0.25, -0.2) is 4.98 Å². The number of rotatable bonds is 5. The van der Waals surface area contributed by atoms with Gasteiger partial charge < -0.3 is 9.84 Å². The molecule has 1 N–H and O–H groups in total. The summed E-state index contributed by atoms with van der Waals surface area (Å²) in [4.78, 5) is 21.3. The van der Waals surface area contributed by atoms with Gasteiger partial charge in [0.15, 0.2) is 0 Å². The molecule has 2 aromatic heterocycles. The molecule has 152 valence electrons. The highest BCUT2D eigenvalue weighted by Crippen LogP contribution is 2.33. The first-order valence-electron chi connectivity index (χ1n) is 8.99. The summed E-state index contributed by atoms with van der Waals surface area (Å²) in [6, 6.07) is 6.35. The van der Waals surface area contributed by atoms with Gasteiger partial charge in [0.2, 0.25) is 11.7 Å². The molecule has 1 amide bonds. The summed E-state index contributed by atoms with van der Waals surface area (Å²) in [6.45, 7) is 5.46. The highest BCUT2D eigenvalue weighted by Gasteiger charge is 2.35. The Bertz CT molecular complexity index is 1040. The lowest BCUT2D eigenvalue weighted by atomic mass is 10.1. The van der Waals surface area contributed by atoms with Crippen molar-refractivity contribution in [2.45, 2.75) is 39.8 Å². The summed E-state index contributed by atoms with van der Waals surface area (Å²) in [5.74, 6) is -0.192. The van der Waals surface area contributed by atoms with Crippen molar-refractivity contribution in [2.24, 2.45) is 0 Å². The maximum Gasteiger partial charge on any atom is 0.417 e. The Morgan fingerprint density at radius 2 is 1.90 bits per heavy atom. The van der Waals surface area contributed by atoms with Gasteiger partial charge in [-0.15, -0.1) is 0 Å². The molecule has 0 saturated carbocycles. The SMILES string of the molecule is CCCc1nc(-c2c(C)cc(C)nc2NC(=O)c2ccccc2C(F)(F)F)no1. The van der Waals surface area contributed by atoms with Crippen LogP contribution in [0.5, 0.6) is 0 Å². The van der Waals surface area contributed by atoms with E-state index in [0.29, 0.717) is 29.1 Å². The van der Waals surface area contributed by atoms with Crippen molar-refractivity contribution in [3.63, 3.8) is 0 Å². The van der Waals surface area contributed by atoms with Crippen molar-refractivity contribution < 1.29 is 22.5 Å². The molecule has 1 aromatic carbocycles. The van der Waals surface area contributed by atoms with Crippen molar-refractivity contribution in [1.29, 1.82) is 0 Å². The summed E-state index contributed by atoms with van der Waals surface area (Å²) in [6.07, 6.45) is -3.26. The molecule has 29 heavy (non-hydrogen) atoms. The van der Waals surface area contributed by atoms with E-state index >= 15 is 0 Å². The zero-order valence-corrected chi connectivity index (χ0v) is 16.1. The number of nitrogens with one attached hydrogen (secondary N) is 1. The number of hydrogen-bond donors (Lipinski definition) is 1. The van der Waals surface area contributed by atoms with Gasteiger partial charge in [0, 0.05) is 12.1 Å². The average Bonchev–Trinajstić information content (AvgIpc) is 3.09. The molecule has 0 aliphatic rings. The average molecular weight is 404 g/mol. The van der Waals surface area contributed by atoms with Crippen LogP contribution in [0.2, 0.25) is 0 Å². The Morgan fingerprint density at radius 1 is 1.17 bits per heavy atom. The molecule has 0 bridgehead atoms. The van der Waals surface area contributed by atoms with E-state index in [1.165, 1.54) is 12.1 Å². The first kappa shape index (κ1) is 20.5. The third-order valence-electron chi connectivity index (χ3n) is 4.21. The molecule has 0 aliphatic heterocycles. The van der Waals surface area contributed by atoms with Crippen LogP contribution in [-0.4, -0.2) is 21.0 Å². The second-order valence-corrected chi connectivity index (χ2v) is 6.56. The summed E-state index contributed by atoms with van der Waals surface area (Å²) in [5, 5.41) is 6.42. The number of pyridine rings is 1. The van der Waals surface area contributed by atoms with E-state index in [-0.39, 0.29) is 11.6 Å². The number of alkyl halides is 3. The summed E-state index contributed by atoms with van der Waals surface area (Å²) in [5.41, 5.74) is 0.183. The normalized spacial score (nSPS) is 11.5. The van der Waals surface area contributed by atoms with Gasteiger partial charge in [0.25, 0.3) is 5.91 Å². The number of anilines is 1. The Kier molecular flexibility index (Phi) is 5.67. The number of carbonyl (C=O) groups excluding carboxylic acids is 1. The predicted octanol–water partition coefficient (Wildman–Crippen LogP) is 4.97. The number of nitrogens with zero attached hydrogens (tertiary/aromatic N) is 3. The van der Waals surface area contributed by atoms with E-state index in [1.807, 2.05) is 6.92 Å². The van der Waals surface area contributed by atoms with E-state index in [9.17, 15) is 18.0 Å². The van der Waals surface area contributed by atoms with Crippen LogP contribution >= 0.6 is 0 Å². The third kappa shape index (κ3) is 4.44. The zero-order valence-electron chi connectivity index (χ0n) is 16.1. The lowest BCUT2D eigenvalue weighted by Crippen LogP contribution is -2.20. The number of aromatic nitrogens is 3. The van der Waals surface area contributed by atoms with Gasteiger partial charge >= 0.3 is 6.18 Å². The highest BCUT2D eigenvalue weighted by atomic mass is 19.4. The summed E-state index contributed by atoms with van der Waals surface area (Å²) < 4.78 is 45.0. The van der Waals surface area contributed by atoms with Gasteiger partial charge in [-0.2, -0.15) is 18.2 Å². The molecule has 0 atom stereocenters. The molecular weight excluding hydrogens is 385 g/mol. The number of aryl methyl sites for hydroxylation is 3. The van der Waals surface area contributed by atoms with Crippen LogP contribution in [0.1, 0.15) is 46.4 Å². The van der Waals surface area contributed by atoms with Crippen molar-refractivity contribution in [3.8, 4) is 11.4 Å². The van der Waals surface area contributed by atoms with E-state index in [2.05, 4.69) is 20.4 Å². The lowest BCUT2D eigenvalue weighted by Gasteiger charge is -2.14. The van der Waals surface area contributed by atoms with Gasteiger partial charge in [-0.1, -0.05) is 24.2 Å². The molecular formula is C20H19F3N4O2. The molecule has 2 heterocycles. The topological polar surface area (TPSA) is 80.9 Å². The quantitative estimate of drug-likeness (QED) is 0.649. The van der Waals surface area contributed by atoms with Gasteiger partial charge in [-0.3, -0.25) is 4.79 Å². The molecule has 0 radical (unpaired) electrons. The van der Waals surface area contributed by atoms with Crippen LogP contribution in [0.3, 0.4) is 0 Å². The number of benzene rings is 1. The van der Waals surface area contributed by atoms with Crippen LogP contribution in [-0.2, 0) is 12.6 Å². The van der Waals surface area contributed by atoms with E-state index in [1.54, 1.807) is 19.9 Å². The molecule has 9 heteroatoms. The van der Waals surface area contributed by atoms with Crippen LogP contribution in [0, 0.1) is 13.8 Å². The lowest BCUT2D eigenvalue weighted by molar-refractivity contribution is -0.137. The van der Waals surface area contributed by atoms with Crippen LogP contribution in [0.25, 0.3) is 11.4 Å². The standard InChI is InChI=1S/C20H19F3N4O2/c1-4-7-15-25-18(27-29-15)16-11(2)10-12(3)24-17(16)26-19(28)13-8-5-6-9-14(13)20(21,22)23/h5-6,8-10H,4,7H2,1-3H3,(H,24,26,28). The van der Waals surface area contributed by atoms with Gasteiger partial charge in [0.05, 0.1) is 16.7 Å². The van der Waals surface area contributed by atoms with Crippen LogP contribution in [0.4, 0.5) is 19.0 Å². The van der Waals surface area contributed by atoms with E-state index < -0.39 is 23.2 Å². The minimum atomic E-state index is -4.66. The predicted molar refractivity (Wildman–Crippen MR) is 100 cm³/mol. The van der Waals surface area contributed by atoms with Crippen molar-refractivity contribution in [1.82, 2.24) is 15.1 Å². The first-order valence-corrected chi connectivity index (χ1v) is 8.99. The summed E-state index contributed by atoms with van der Waals surface area (Å²) >= 11 is 0. The van der Waals surface area contributed by atoms with Crippen molar-refractivity contribution in [3.05, 3.63) is 58.6 Å². The number of amides is 1. The van der Waals surface area contributed by atoms with Crippen molar-refractivity contribution >= 4 is 11.7 Å². The molecule has 0 saturated heterocycles. The van der Waals surface area contributed by atoms with Crippen LogP contribution in [0.15, 0.2) is 34.9 Å². The Balaban J connectivity index is 2.03. The van der Waals surface area contributed by atoms with Gasteiger partial charge in [0.1, 0.15) is 5.82 Å².